The summed E-state index contributed by atoms with van der Waals surface area (Å²) in [5.74, 6) is -0.753. The molecule has 114 valence electrons. The van der Waals surface area contributed by atoms with Crippen LogP contribution in [-0.2, 0) is 6.54 Å². The first-order valence-electron chi connectivity index (χ1n) is 6.45. The van der Waals surface area contributed by atoms with Gasteiger partial charge in [-0.15, -0.1) is 0 Å². The smallest absolute Gasteiger partial charge is 0.335 e. The van der Waals surface area contributed by atoms with Crippen LogP contribution in [0.25, 0.3) is 0 Å². The Hall–Kier alpha value is -2.34. The van der Waals surface area contributed by atoms with Crippen LogP contribution in [0.5, 0.6) is 5.75 Å². The first-order valence-corrected chi connectivity index (χ1v) is 7.24. The summed E-state index contributed by atoms with van der Waals surface area (Å²) < 4.78 is 5.95. The Bertz CT molecular complexity index is 698. The highest BCUT2D eigenvalue weighted by Gasteiger charge is 2.12. The van der Waals surface area contributed by atoms with E-state index in [1.165, 1.54) is 19.2 Å². The van der Waals surface area contributed by atoms with Crippen LogP contribution in [0.15, 0.2) is 46.9 Å². The Labute approximate surface area is 136 Å². The lowest BCUT2D eigenvalue weighted by atomic mass is 10.1. The minimum absolute atomic E-state index is 0.212. The molecular weight excluding hydrogens is 350 g/mol. The molecule has 1 amide bonds. The monoisotopic (exact) mass is 363 g/mol. The normalized spacial score (nSPS) is 10.1. The van der Waals surface area contributed by atoms with E-state index in [1.54, 1.807) is 30.3 Å². The maximum Gasteiger partial charge on any atom is 0.335 e. The molecule has 0 unspecified atom stereocenters. The Morgan fingerprint density at radius 2 is 1.86 bits per heavy atom. The van der Waals surface area contributed by atoms with Crippen LogP contribution >= 0.6 is 15.9 Å². The molecule has 0 aliphatic carbocycles. The number of ether oxygens (including phenoxy) is 1. The van der Waals surface area contributed by atoms with Crippen LogP contribution in [0.2, 0.25) is 0 Å². The number of methoxy groups -OCH3 is 1. The van der Waals surface area contributed by atoms with Crippen LogP contribution in [-0.4, -0.2) is 24.1 Å². The number of amides is 1. The van der Waals surface area contributed by atoms with Crippen molar-refractivity contribution in [2.45, 2.75) is 6.54 Å². The van der Waals surface area contributed by atoms with Gasteiger partial charge in [0.2, 0.25) is 0 Å². The van der Waals surface area contributed by atoms with Gasteiger partial charge in [-0.25, -0.2) is 4.79 Å². The van der Waals surface area contributed by atoms with Crippen LogP contribution in [0.4, 0.5) is 0 Å². The first kappa shape index (κ1) is 16.0. The largest absolute Gasteiger partial charge is 0.496 e. The van der Waals surface area contributed by atoms with E-state index in [0.29, 0.717) is 17.9 Å². The van der Waals surface area contributed by atoms with E-state index < -0.39 is 5.97 Å². The molecule has 0 saturated heterocycles. The van der Waals surface area contributed by atoms with Crippen molar-refractivity contribution in [3.8, 4) is 5.75 Å². The van der Waals surface area contributed by atoms with Gasteiger partial charge in [-0.05, 0) is 35.9 Å². The molecule has 5 nitrogen and oxygen atoms in total. The first-order chi connectivity index (χ1) is 10.5. The summed E-state index contributed by atoms with van der Waals surface area (Å²) in [5.41, 5.74) is 1.45. The zero-order valence-corrected chi connectivity index (χ0v) is 13.4. The second-order valence-corrected chi connectivity index (χ2v) is 5.45. The fraction of sp³-hybridized carbons (Fsp3) is 0.125. The number of hydrogen-bond donors (Lipinski definition) is 2. The summed E-state index contributed by atoms with van der Waals surface area (Å²) in [6.07, 6.45) is 0. The fourth-order valence-electron chi connectivity index (χ4n) is 1.90. The van der Waals surface area contributed by atoms with E-state index in [4.69, 9.17) is 9.84 Å². The average molecular weight is 364 g/mol. The number of benzene rings is 2. The molecule has 0 heterocycles. The van der Waals surface area contributed by atoms with Crippen molar-refractivity contribution in [1.29, 1.82) is 0 Å². The molecule has 0 saturated carbocycles. The second-order valence-electron chi connectivity index (χ2n) is 4.53. The number of aromatic carboxylic acids is 1. The summed E-state index contributed by atoms with van der Waals surface area (Å²) in [4.78, 5) is 23.0. The number of rotatable bonds is 5. The van der Waals surface area contributed by atoms with E-state index in [9.17, 15) is 9.59 Å². The lowest BCUT2D eigenvalue weighted by Gasteiger charge is -2.10. The molecule has 0 atom stereocenters. The molecule has 2 aromatic rings. The van der Waals surface area contributed by atoms with Crippen LogP contribution in [0.1, 0.15) is 26.3 Å². The van der Waals surface area contributed by atoms with Gasteiger partial charge in [0.05, 0.1) is 18.2 Å². The molecule has 0 spiro atoms. The van der Waals surface area contributed by atoms with Gasteiger partial charge in [-0.3, -0.25) is 4.79 Å². The lowest BCUT2D eigenvalue weighted by molar-refractivity contribution is 0.0696. The fourth-order valence-corrected chi connectivity index (χ4v) is 2.26. The maximum absolute atomic E-state index is 12.2. The molecule has 0 radical (unpaired) electrons. The van der Waals surface area contributed by atoms with Gasteiger partial charge < -0.3 is 15.2 Å². The van der Waals surface area contributed by atoms with E-state index in [1.807, 2.05) is 0 Å². The van der Waals surface area contributed by atoms with Crippen molar-refractivity contribution in [3.05, 3.63) is 63.6 Å². The second kappa shape index (κ2) is 7.09. The molecule has 2 N–H and O–H groups in total. The Balaban J connectivity index is 2.06. The Kier molecular flexibility index (Phi) is 5.16. The summed E-state index contributed by atoms with van der Waals surface area (Å²) in [6, 6.07) is 11.5. The summed E-state index contributed by atoms with van der Waals surface area (Å²) in [6.45, 7) is 0.300. The number of nitrogens with one attached hydrogen (secondary N) is 1. The molecule has 6 heteroatoms. The highest BCUT2D eigenvalue weighted by Crippen LogP contribution is 2.22. The van der Waals surface area contributed by atoms with Gasteiger partial charge in [0.1, 0.15) is 5.75 Å². The molecule has 2 aromatic carbocycles. The topological polar surface area (TPSA) is 75.6 Å². The van der Waals surface area contributed by atoms with Crippen molar-refractivity contribution in [2.24, 2.45) is 0 Å². The van der Waals surface area contributed by atoms with E-state index in [0.717, 1.165) is 10.0 Å². The molecule has 0 aliphatic heterocycles. The third kappa shape index (κ3) is 3.85. The van der Waals surface area contributed by atoms with Gasteiger partial charge in [0, 0.05) is 11.0 Å². The third-order valence-corrected chi connectivity index (χ3v) is 3.55. The van der Waals surface area contributed by atoms with Crippen LogP contribution < -0.4 is 10.1 Å². The average Bonchev–Trinajstić information content (AvgIpc) is 2.53. The predicted octanol–water partition coefficient (Wildman–Crippen LogP) is 3.09. The Morgan fingerprint density at radius 1 is 1.18 bits per heavy atom. The lowest BCUT2D eigenvalue weighted by Crippen LogP contribution is -2.23. The van der Waals surface area contributed by atoms with Crippen LogP contribution in [0, 0.1) is 0 Å². The quantitative estimate of drug-likeness (QED) is 0.855. The van der Waals surface area contributed by atoms with Crippen molar-refractivity contribution in [3.63, 3.8) is 0 Å². The maximum atomic E-state index is 12.2. The Morgan fingerprint density at radius 3 is 2.45 bits per heavy atom. The summed E-state index contributed by atoms with van der Waals surface area (Å²) in [7, 11) is 1.50. The molecular formula is C16H14BrNO4. The van der Waals surface area contributed by atoms with E-state index in [2.05, 4.69) is 21.2 Å². The van der Waals surface area contributed by atoms with Crippen LogP contribution in [0.3, 0.4) is 0 Å². The zero-order chi connectivity index (χ0) is 16.1. The zero-order valence-electron chi connectivity index (χ0n) is 11.8. The van der Waals surface area contributed by atoms with Gasteiger partial charge >= 0.3 is 5.97 Å². The van der Waals surface area contributed by atoms with E-state index in [-0.39, 0.29) is 11.5 Å². The highest BCUT2D eigenvalue weighted by molar-refractivity contribution is 9.10. The number of hydrogen-bond acceptors (Lipinski definition) is 3. The SMILES string of the molecule is COc1ccc(Br)cc1C(=O)NCc1ccc(C(=O)O)cc1. The minimum Gasteiger partial charge on any atom is -0.496 e. The number of carbonyl (C=O) groups excluding carboxylic acids is 1. The molecule has 0 fully saturated rings. The third-order valence-electron chi connectivity index (χ3n) is 3.06. The molecule has 22 heavy (non-hydrogen) atoms. The summed E-state index contributed by atoms with van der Waals surface area (Å²) in [5, 5.41) is 11.6. The number of carboxylic acid groups (broad SMARTS) is 1. The van der Waals surface area contributed by atoms with Gasteiger partial charge in [0.15, 0.2) is 0 Å². The van der Waals surface area contributed by atoms with Crippen molar-refractivity contribution < 1.29 is 19.4 Å². The van der Waals surface area contributed by atoms with Crippen molar-refractivity contribution in [1.82, 2.24) is 5.32 Å². The van der Waals surface area contributed by atoms with Gasteiger partial charge in [0.25, 0.3) is 5.91 Å². The predicted molar refractivity (Wildman–Crippen MR) is 85.3 cm³/mol. The van der Waals surface area contributed by atoms with Gasteiger partial charge in [-0.1, -0.05) is 28.1 Å². The van der Waals surface area contributed by atoms with Crippen molar-refractivity contribution in [2.75, 3.05) is 7.11 Å². The molecule has 0 bridgehead atoms. The minimum atomic E-state index is -0.977. The highest BCUT2D eigenvalue weighted by atomic mass is 79.9. The van der Waals surface area contributed by atoms with Crippen molar-refractivity contribution >= 4 is 27.8 Å². The van der Waals surface area contributed by atoms with Gasteiger partial charge in [-0.2, -0.15) is 0 Å². The molecule has 0 aliphatic rings. The number of halogens is 1. The number of carboxylic acids is 1. The number of carbonyl (C=O) groups is 2. The molecule has 2 rings (SSSR count). The standard InChI is InChI=1S/C16H14BrNO4/c1-22-14-7-6-12(17)8-13(14)15(19)18-9-10-2-4-11(5-3-10)16(20)21/h2-8H,9H2,1H3,(H,18,19)(H,20,21). The van der Waals surface area contributed by atoms with E-state index >= 15 is 0 Å². The summed E-state index contributed by atoms with van der Waals surface area (Å²) >= 11 is 3.32. The molecule has 0 aromatic heterocycles.